The highest BCUT2D eigenvalue weighted by Crippen LogP contribution is 2.42. The van der Waals surface area contributed by atoms with Gasteiger partial charge in [0.15, 0.2) is 5.11 Å². The van der Waals surface area contributed by atoms with E-state index in [4.69, 9.17) is 23.8 Å². The second kappa shape index (κ2) is 9.12. The summed E-state index contributed by atoms with van der Waals surface area (Å²) in [6.45, 7) is 2.49. The van der Waals surface area contributed by atoms with Crippen molar-refractivity contribution in [1.29, 1.82) is 0 Å². The molecule has 1 aliphatic rings. The van der Waals surface area contributed by atoms with E-state index in [0.29, 0.717) is 18.1 Å². The van der Waals surface area contributed by atoms with Gasteiger partial charge in [-0.3, -0.25) is 9.78 Å². The highest BCUT2D eigenvalue weighted by atomic mass is 35.5. The molecule has 8 heteroatoms. The van der Waals surface area contributed by atoms with Crippen LogP contribution in [-0.2, 0) is 4.79 Å². The van der Waals surface area contributed by atoms with Crippen molar-refractivity contribution in [3.8, 4) is 0 Å². The Labute approximate surface area is 190 Å². The second-order valence-electron chi connectivity index (χ2n) is 7.13. The van der Waals surface area contributed by atoms with E-state index in [1.807, 2.05) is 61.5 Å². The van der Waals surface area contributed by atoms with Crippen LogP contribution in [0.1, 0.15) is 34.6 Å². The maximum atomic E-state index is 12.6. The van der Waals surface area contributed by atoms with Gasteiger partial charge in [-0.2, -0.15) is 0 Å². The third kappa shape index (κ3) is 4.64. The number of carbonyl (C=O) groups excluding carboxylic acids is 1. The van der Waals surface area contributed by atoms with Crippen LogP contribution in [0, 0.1) is 6.92 Å². The number of aryl methyl sites for hydroxylation is 1. The molecule has 1 amide bonds. The number of benzene rings is 1. The van der Waals surface area contributed by atoms with E-state index in [1.165, 1.54) is 11.3 Å². The monoisotopic (exact) mass is 456 g/mol. The maximum absolute atomic E-state index is 12.6. The minimum Gasteiger partial charge on any atom is -0.352 e. The zero-order chi connectivity index (χ0) is 21.1. The molecule has 1 aromatic carbocycles. The first-order valence-electron chi connectivity index (χ1n) is 9.61. The van der Waals surface area contributed by atoms with Crippen molar-refractivity contribution >= 4 is 51.9 Å². The molecule has 5 nitrogen and oxygen atoms in total. The largest absolute Gasteiger partial charge is 0.352 e. The number of aromatic nitrogens is 1. The SMILES string of the molecule is Cc1cccc(NC(=O)CCN2C(=S)N[C@@H](c3ccccn3)[C@@H]2c2ccc(Cl)s2)c1. The fourth-order valence-corrected chi connectivity index (χ4v) is 5.15. The lowest BCUT2D eigenvalue weighted by atomic mass is 10.0. The Morgan fingerprint density at radius 2 is 2.13 bits per heavy atom. The predicted octanol–water partition coefficient (Wildman–Crippen LogP) is 5.11. The molecule has 0 saturated carbocycles. The molecule has 1 saturated heterocycles. The third-order valence-electron chi connectivity index (χ3n) is 4.96. The molecular formula is C22H21ClN4OS2. The van der Waals surface area contributed by atoms with E-state index in [1.54, 1.807) is 6.20 Å². The summed E-state index contributed by atoms with van der Waals surface area (Å²) in [7, 11) is 0. The highest BCUT2D eigenvalue weighted by molar-refractivity contribution is 7.80. The standard InChI is InChI=1S/C22H21ClN4OS2/c1-14-5-4-6-15(13-14)25-19(28)10-12-27-21(17-8-9-18(23)30-17)20(26-22(27)29)16-7-2-3-11-24-16/h2-9,11,13,20-21H,10,12H2,1H3,(H,25,28)(H,26,29)/t20-,21-/m0/s1. The quantitative estimate of drug-likeness (QED) is 0.505. The van der Waals surface area contributed by atoms with Crippen molar-refractivity contribution in [3.05, 3.63) is 81.3 Å². The van der Waals surface area contributed by atoms with Crippen molar-refractivity contribution < 1.29 is 4.79 Å². The Kier molecular flexibility index (Phi) is 6.32. The fraction of sp³-hybridized carbons (Fsp3) is 0.227. The predicted molar refractivity (Wildman–Crippen MR) is 126 cm³/mol. The number of hydrogen-bond donors (Lipinski definition) is 2. The van der Waals surface area contributed by atoms with Crippen LogP contribution < -0.4 is 10.6 Å². The molecule has 2 aromatic heterocycles. The van der Waals surface area contributed by atoms with Gasteiger partial charge in [-0.05, 0) is 61.1 Å². The van der Waals surface area contributed by atoms with Crippen LogP contribution in [0.5, 0.6) is 0 Å². The number of rotatable bonds is 6. The van der Waals surface area contributed by atoms with Crippen molar-refractivity contribution in [2.45, 2.75) is 25.4 Å². The van der Waals surface area contributed by atoms with Gasteiger partial charge in [-0.1, -0.05) is 29.8 Å². The minimum atomic E-state index is -0.103. The molecule has 2 N–H and O–H groups in total. The van der Waals surface area contributed by atoms with Crippen LogP contribution in [0.3, 0.4) is 0 Å². The van der Waals surface area contributed by atoms with E-state index in [0.717, 1.165) is 26.2 Å². The second-order valence-corrected chi connectivity index (χ2v) is 9.26. The molecule has 2 atom stereocenters. The number of carbonyl (C=O) groups is 1. The highest BCUT2D eigenvalue weighted by Gasteiger charge is 2.40. The van der Waals surface area contributed by atoms with E-state index >= 15 is 0 Å². The third-order valence-corrected chi connectivity index (χ3v) is 6.62. The fourth-order valence-electron chi connectivity index (χ4n) is 3.61. The average molecular weight is 457 g/mol. The van der Waals surface area contributed by atoms with E-state index in [2.05, 4.69) is 20.5 Å². The zero-order valence-corrected chi connectivity index (χ0v) is 18.7. The average Bonchev–Trinajstić information content (AvgIpc) is 3.30. The molecule has 1 aliphatic heterocycles. The Hall–Kier alpha value is -2.48. The molecule has 1 fully saturated rings. The summed E-state index contributed by atoms with van der Waals surface area (Å²) >= 11 is 13.4. The summed E-state index contributed by atoms with van der Waals surface area (Å²) in [6, 6.07) is 17.3. The van der Waals surface area contributed by atoms with E-state index in [-0.39, 0.29) is 18.0 Å². The van der Waals surface area contributed by atoms with E-state index < -0.39 is 0 Å². The zero-order valence-electron chi connectivity index (χ0n) is 16.3. The Balaban J connectivity index is 1.51. The Morgan fingerprint density at radius 1 is 1.27 bits per heavy atom. The van der Waals surface area contributed by atoms with Gasteiger partial charge < -0.3 is 15.5 Å². The van der Waals surface area contributed by atoms with Crippen molar-refractivity contribution in [1.82, 2.24) is 15.2 Å². The number of nitrogens with zero attached hydrogens (tertiary/aromatic N) is 2. The number of thiocarbonyl (C=S) groups is 1. The van der Waals surface area contributed by atoms with Gasteiger partial charge in [-0.25, -0.2) is 0 Å². The summed E-state index contributed by atoms with van der Waals surface area (Å²) in [4.78, 5) is 20.2. The summed E-state index contributed by atoms with van der Waals surface area (Å²) in [5, 5.41) is 6.96. The van der Waals surface area contributed by atoms with Crippen LogP contribution in [0.4, 0.5) is 5.69 Å². The molecule has 3 heterocycles. The molecule has 3 aromatic rings. The van der Waals surface area contributed by atoms with E-state index in [9.17, 15) is 4.79 Å². The lowest BCUT2D eigenvalue weighted by molar-refractivity contribution is -0.116. The summed E-state index contributed by atoms with van der Waals surface area (Å²) in [5.41, 5.74) is 2.81. The lowest BCUT2D eigenvalue weighted by Crippen LogP contribution is -2.32. The van der Waals surface area contributed by atoms with Crippen molar-refractivity contribution in [2.75, 3.05) is 11.9 Å². The number of nitrogens with one attached hydrogen (secondary N) is 2. The van der Waals surface area contributed by atoms with Crippen LogP contribution in [0.25, 0.3) is 0 Å². The van der Waals surface area contributed by atoms with Gasteiger partial charge in [0.1, 0.15) is 0 Å². The Bertz CT molecular complexity index is 1060. The normalized spacial score (nSPS) is 18.3. The number of pyridine rings is 1. The van der Waals surface area contributed by atoms with Crippen LogP contribution in [-0.4, -0.2) is 27.4 Å². The van der Waals surface area contributed by atoms with Gasteiger partial charge in [-0.15, -0.1) is 11.3 Å². The maximum Gasteiger partial charge on any atom is 0.226 e. The van der Waals surface area contributed by atoms with Gasteiger partial charge >= 0.3 is 0 Å². The summed E-state index contributed by atoms with van der Waals surface area (Å²) < 4.78 is 0.722. The van der Waals surface area contributed by atoms with Crippen molar-refractivity contribution in [2.24, 2.45) is 0 Å². The first kappa shape index (κ1) is 20.8. The number of halogens is 1. The minimum absolute atomic E-state index is 0.0485. The first-order chi connectivity index (χ1) is 14.5. The van der Waals surface area contributed by atoms with Crippen LogP contribution >= 0.6 is 35.2 Å². The molecule has 0 bridgehead atoms. The molecule has 0 spiro atoms. The molecule has 154 valence electrons. The molecule has 0 aliphatic carbocycles. The van der Waals surface area contributed by atoms with Gasteiger partial charge in [0.05, 0.1) is 22.1 Å². The number of hydrogen-bond acceptors (Lipinski definition) is 4. The molecular weight excluding hydrogens is 436 g/mol. The number of amides is 1. The lowest BCUT2D eigenvalue weighted by Gasteiger charge is -2.26. The van der Waals surface area contributed by atoms with Gasteiger partial charge in [0.2, 0.25) is 5.91 Å². The first-order valence-corrected chi connectivity index (χ1v) is 11.2. The smallest absolute Gasteiger partial charge is 0.226 e. The topological polar surface area (TPSA) is 57.3 Å². The summed E-state index contributed by atoms with van der Waals surface area (Å²) in [6.07, 6.45) is 2.09. The van der Waals surface area contributed by atoms with Crippen LogP contribution in [0.2, 0.25) is 4.34 Å². The Morgan fingerprint density at radius 3 is 2.83 bits per heavy atom. The molecule has 0 unspecified atom stereocenters. The molecule has 0 radical (unpaired) electrons. The number of thiophene rings is 1. The van der Waals surface area contributed by atoms with Crippen molar-refractivity contribution in [3.63, 3.8) is 0 Å². The van der Waals surface area contributed by atoms with Crippen LogP contribution in [0.15, 0.2) is 60.8 Å². The molecule has 30 heavy (non-hydrogen) atoms. The summed E-state index contributed by atoms with van der Waals surface area (Å²) in [5.74, 6) is -0.0485. The molecule has 4 rings (SSSR count). The van der Waals surface area contributed by atoms with Gasteiger partial charge in [0, 0.05) is 29.7 Å². The van der Waals surface area contributed by atoms with Gasteiger partial charge in [0.25, 0.3) is 0 Å². The number of anilines is 1.